The van der Waals surface area contributed by atoms with Gasteiger partial charge in [0.2, 0.25) is 5.65 Å². The summed E-state index contributed by atoms with van der Waals surface area (Å²) in [5.74, 6) is 0.607. The zero-order valence-electron chi connectivity index (χ0n) is 16.8. The van der Waals surface area contributed by atoms with Gasteiger partial charge in [0.1, 0.15) is 12.4 Å². The summed E-state index contributed by atoms with van der Waals surface area (Å²) in [5.41, 5.74) is 2.76. The van der Waals surface area contributed by atoms with Crippen LogP contribution in [0.1, 0.15) is 56.6 Å². The Labute approximate surface area is 170 Å². The lowest BCUT2D eigenvalue weighted by molar-refractivity contribution is -0.150. The Morgan fingerprint density at radius 3 is 2.69 bits per heavy atom. The van der Waals surface area contributed by atoms with E-state index in [9.17, 15) is 4.79 Å². The van der Waals surface area contributed by atoms with Gasteiger partial charge >= 0.3 is 5.97 Å². The van der Waals surface area contributed by atoms with Crippen molar-refractivity contribution < 1.29 is 9.53 Å². The standard InChI is InChI=1S/C21H28N6O2/c28-20-21(12-16(29-20)13-25-7-1-2-8-25)5-9-26(10-6-21)18-11-17(15-3-4-15)24-27-14-22-23-19(18)27/h11,14-16H,1-10,12-13H2. The van der Waals surface area contributed by atoms with Crippen molar-refractivity contribution in [2.75, 3.05) is 37.6 Å². The number of carbonyl (C=O) groups is 1. The van der Waals surface area contributed by atoms with E-state index in [0.717, 1.165) is 69.0 Å². The van der Waals surface area contributed by atoms with Crippen LogP contribution in [0.3, 0.4) is 0 Å². The molecule has 6 rings (SSSR count). The van der Waals surface area contributed by atoms with Gasteiger partial charge in [-0.3, -0.25) is 9.69 Å². The van der Waals surface area contributed by atoms with Gasteiger partial charge in [0.05, 0.1) is 16.8 Å². The highest BCUT2D eigenvalue weighted by Crippen LogP contribution is 2.45. The lowest BCUT2D eigenvalue weighted by atomic mass is 9.76. The van der Waals surface area contributed by atoms with Gasteiger partial charge in [0.25, 0.3) is 0 Å². The van der Waals surface area contributed by atoms with E-state index in [2.05, 4.69) is 31.2 Å². The second-order valence-electron chi connectivity index (χ2n) is 9.33. The number of hydrogen-bond acceptors (Lipinski definition) is 7. The summed E-state index contributed by atoms with van der Waals surface area (Å²) in [6.45, 7) is 4.90. The Morgan fingerprint density at radius 1 is 1.14 bits per heavy atom. The van der Waals surface area contributed by atoms with Crippen molar-refractivity contribution in [2.45, 2.75) is 57.0 Å². The third kappa shape index (κ3) is 3.08. The van der Waals surface area contributed by atoms with Crippen molar-refractivity contribution in [1.29, 1.82) is 0 Å². The summed E-state index contributed by atoms with van der Waals surface area (Å²) in [4.78, 5) is 17.6. The normalized spacial score (nSPS) is 27.2. The first-order chi connectivity index (χ1) is 14.2. The first-order valence-electron chi connectivity index (χ1n) is 11.1. The number of ether oxygens (including phenoxy) is 1. The molecule has 3 aliphatic heterocycles. The molecular weight excluding hydrogens is 368 g/mol. The molecule has 4 fully saturated rings. The molecule has 0 N–H and O–H groups in total. The van der Waals surface area contributed by atoms with Crippen LogP contribution in [0.15, 0.2) is 12.4 Å². The zero-order chi connectivity index (χ0) is 19.4. The van der Waals surface area contributed by atoms with Gasteiger partial charge in [-0.25, -0.2) is 0 Å². The molecule has 1 aliphatic carbocycles. The molecule has 4 aliphatic rings. The van der Waals surface area contributed by atoms with E-state index in [1.165, 1.54) is 25.7 Å². The predicted octanol–water partition coefficient (Wildman–Crippen LogP) is 2.00. The molecule has 0 bridgehead atoms. The van der Waals surface area contributed by atoms with Crippen LogP contribution < -0.4 is 4.90 Å². The molecule has 0 radical (unpaired) electrons. The van der Waals surface area contributed by atoms with Crippen molar-refractivity contribution in [3.8, 4) is 0 Å². The number of anilines is 1. The molecule has 1 atom stereocenters. The van der Waals surface area contributed by atoms with Crippen molar-refractivity contribution in [3.05, 3.63) is 18.1 Å². The third-order valence-electron chi connectivity index (χ3n) is 7.31. The largest absolute Gasteiger partial charge is 0.461 e. The van der Waals surface area contributed by atoms with E-state index < -0.39 is 0 Å². The average molecular weight is 396 g/mol. The lowest BCUT2D eigenvalue weighted by Gasteiger charge is -2.37. The summed E-state index contributed by atoms with van der Waals surface area (Å²) in [5, 5.41) is 13.0. The molecule has 8 nitrogen and oxygen atoms in total. The first kappa shape index (κ1) is 17.6. The fourth-order valence-electron chi connectivity index (χ4n) is 5.42. The molecule has 3 saturated heterocycles. The third-order valence-corrected chi connectivity index (χ3v) is 7.31. The highest BCUT2D eigenvalue weighted by molar-refractivity contribution is 5.80. The van der Waals surface area contributed by atoms with E-state index in [4.69, 9.17) is 4.74 Å². The SMILES string of the molecule is O=C1OC(CN2CCCC2)CC12CCN(c1cc(C3CC3)nn3cnnc13)CC2. The second-order valence-corrected chi connectivity index (χ2v) is 9.33. The maximum atomic E-state index is 12.8. The Kier molecular flexibility index (Phi) is 4.04. The topological polar surface area (TPSA) is 75.9 Å². The maximum absolute atomic E-state index is 12.8. The minimum atomic E-state index is -0.294. The molecule has 154 valence electrons. The average Bonchev–Trinajstić information content (AvgIpc) is 3.11. The number of hydrogen-bond donors (Lipinski definition) is 0. The number of esters is 1. The fraction of sp³-hybridized carbons (Fsp3) is 0.714. The molecule has 8 heteroatoms. The van der Waals surface area contributed by atoms with Gasteiger partial charge in [-0.2, -0.15) is 9.61 Å². The summed E-state index contributed by atoms with van der Waals surface area (Å²) in [7, 11) is 0. The summed E-state index contributed by atoms with van der Waals surface area (Å²) >= 11 is 0. The van der Waals surface area contributed by atoms with E-state index in [0.29, 0.717) is 5.92 Å². The minimum absolute atomic E-state index is 0.0300. The highest BCUT2D eigenvalue weighted by Gasteiger charge is 2.50. The maximum Gasteiger partial charge on any atom is 0.312 e. The van der Waals surface area contributed by atoms with Crippen LogP contribution in [-0.4, -0.2) is 69.5 Å². The van der Waals surface area contributed by atoms with Crippen LogP contribution in [-0.2, 0) is 9.53 Å². The van der Waals surface area contributed by atoms with Gasteiger partial charge in [-0.1, -0.05) is 0 Å². The van der Waals surface area contributed by atoms with Crippen LogP contribution in [0.4, 0.5) is 5.69 Å². The molecule has 1 spiro atoms. The van der Waals surface area contributed by atoms with Crippen LogP contribution in [0, 0.1) is 5.41 Å². The monoisotopic (exact) mass is 396 g/mol. The van der Waals surface area contributed by atoms with E-state index >= 15 is 0 Å². The molecule has 2 aromatic rings. The van der Waals surface area contributed by atoms with Crippen molar-refractivity contribution in [1.82, 2.24) is 24.7 Å². The van der Waals surface area contributed by atoms with Crippen molar-refractivity contribution in [3.63, 3.8) is 0 Å². The van der Waals surface area contributed by atoms with Crippen LogP contribution in [0.5, 0.6) is 0 Å². The lowest BCUT2D eigenvalue weighted by Crippen LogP contribution is -2.43. The van der Waals surface area contributed by atoms with Gasteiger partial charge < -0.3 is 9.64 Å². The zero-order valence-corrected chi connectivity index (χ0v) is 16.8. The number of cyclic esters (lactones) is 1. The fourth-order valence-corrected chi connectivity index (χ4v) is 5.42. The molecule has 1 saturated carbocycles. The number of nitrogens with zero attached hydrogens (tertiary/aromatic N) is 6. The first-order valence-corrected chi connectivity index (χ1v) is 11.1. The molecule has 29 heavy (non-hydrogen) atoms. The van der Waals surface area contributed by atoms with Gasteiger partial charge in [0.15, 0.2) is 0 Å². The molecule has 2 aromatic heterocycles. The Morgan fingerprint density at radius 2 is 1.93 bits per heavy atom. The van der Waals surface area contributed by atoms with Crippen LogP contribution in [0.2, 0.25) is 0 Å². The Hall–Kier alpha value is -2.22. The quantitative estimate of drug-likeness (QED) is 0.732. The summed E-state index contributed by atoms with van der Waals surface area (Å²) in [6.07, 6.45) is 9.30. The molecule has 5 heterocycles. The summed E-state index contributed by atoms with van der Waals surface area (Å²) in [6, 6.07) is 2.20. The number of carbonyl (C=O) groups excluding carboxylic acids is 1. The Bertz CT molecular complexity index is 924. The van der Waals surface area contributed by atoms with E-state index in [1.54, 1.807) is 6.33 Å². The minimum Gasteiger partial charge on any atom is -0.461 e. The number of piperidine rings is 1. The number of likely N-dealkylation sites (tertiary alicyclic amines) is 1. The number of rotatable bonds is 4. The predicted molar refractivity (Wildman–Crippen MR) is 107 cm³/mol. The van der Waals surface area contributed by atoms with Gasteiger partial charge in [-0.15, -0.1) is 10.2 Å². The van der Waals surface area contributed by atoms with Gasteiger partial charge in [0, 0.05) is 32.0 Å². The van der Waals surface area contributed by atoms with Crippen molar-refractivity contribution in [2.24, 2.45) is 5.41 Å². The van der Waals surface area contributed by atoms with Crippen LogP contribution in [0.25, 0.3) is 5.65 Å². The number of fused-ring (bicyclic) bond motifs is 1. The van der Waals surface area contributed by atoms with E-state index in [1.807, 2.05) is 4.52 Å². The molecule has 1 unspecified atom stereocenters. The highest BCUT2D eigenvalue weighted by atomic mass is 16.6. The smallest absolute Gasteiger partial charge is 0.312 e. The van der Waals surface area contributed by atoms with Crippen molar-refractivity contribution >= 4 is 17.3 Å². The molecular formula is C21H28N6O2. The van der Waals surface area contributed by atoms with Gasteiger partial charge in [-0.05, 0) is 57.7 Å². The van der Waals surface area contributed by atoms with Crippen LogP contribution >= 0.6 is 0 Å². The summed E-state index contributed by atoms with van der Waals surface area (Å²) < 4.78 is 7.65. The molecule has 0 amide bonds. The van der Waals surface area contributed by atoms with E-state index in [-0.39, 0.29) is 17.5 Å². The number of aromatic nitrogens is 4. The second kappa shape index (κ2) is 6.65. The molecule has 0 aromatic carbocycles. The Balaban J connectivity index is 1.18.